The van der Waals surface area contributed by atoms with E-state index in [0.717, 1.165) is 39.3 Å². The summed E-state index contributed by atoms with van der Waals surface area (Å²) in [6, 6.07) is 2.20. The van der Waals surface area contributed by atoms with Gasteiger partial charge in [-0.25, -0.2) is 0 Å². The highest BCUT2D eigenvalue weighted by Gasteiger charge is 2.25. The summed E-state index contributed by atoms with van der Waals surface area (Å²) in [4.78, 5) is 18.9. The first-order valence-electron chi connectivity index (χ1n) is 8.86. The van der Waals surface area contributed by atoms with Crippen molar-refractivity contribution in [1.29, 1.82) is 5.26 Å². The maximum Gasteiger partial charge on any atom is 0.236 e. The molecule has 0 unspecified atom stereocenters. The highest BCUT2D eigenvalue weighted by molar-refractivity contribution is 5.78. The minimum atomic E-state index is -0.109. The Kier molecular flexibility index (Phi) is 7.28. The summed E-state index contributed by atoms with van der Waals surface area (Å²) in [5.41, 5.74) is 0. The highest BCUT2D eigenvalue weighted by atomic mass is 16.5. The zero-order valence-electron chi connectivity index (χ0n) is 14.5. The summed E-state index contributed by atoms with van der Waals surface area (Å²) in [7, 11) is 0. The molecule has 2 heterocycles. The van der Waals surface area contributed by atoms with Gasteiger partial charge < -0.3 is 9.64 Å². The number of nitrogens with zero attached hydrogens (tertiary/aromatic N) is 4. The lowest BCUT2D eigenvalue weighted by Crippen LogP contribution is -2.51. The molecule has 130 valence electrons. The highest BCUT2D eigenvalue weighted by Crippen LogP contribution is 2.14. The van der Waals surface area contributed by atoms with E-state index >= 15 is 0 Å². The molecule has 23 heavy (non-hydrogen) atoms. The van der Waals surface area contributed by atoms with Gasteiger partial charge in [-0.15, -0.1) is 0 Å². The maximum absolute atomic E-state index is 12.4. The predicted octanol–water partition coefficient (Wildman–Crippen LogP) is 0.791. The van der Waals surface area contributed by atoms with E-state index in [9.17, 15) is 4.79 Å². The van der Waals surface area contributed by atoms with Crippen LogP contribution < -0.4 is 0 Å². The van der Waals surface area contributed by atoms with E-state index in [0.29, 0.717) is 25.7 Å². The van der Waals surface area contributed by atoms with Crippen molar-refractivity contribution in [2.24, 2.45) is 5.92 Å². The van der Waals surface area contributed by atoms with Crippen molar-refractivity contribution in [3.63, 3.8) is 0 Å². The smallest absolute Gasteiger partial charge is 0.236 e. The SMILES string of the molecule is CCN(C[C@H](C)C#N)C(=O)CN1CCN(C[C@H]2CCCO2)CC1. The zero-order chi connectivity index (χ0) is 16.7. The number of carbonyl (C=O) groups is 1. The normalized spacial score (nSPS) is 24.3. The Labute approximate surface area is 140 Å². The van der Waals surface area contributed by atoms with Crippen molar-refractivity contribution in [2.75, 3.05) is 59.0 Å². The van der Waals surface area contributed by atoms with E-state index in [1.807, 2.05) is 13.8 Å². The molecule has 2 rings (SSSR count). The summed E-state index contributed by atoms with van der Waals surface area (Å²) in [6.07, 6.45) is 2.78. The van der Waals surface area contributed by atoms with Gasteiger partial charge >= 0.3 is 0 Å². The molecule has 6 nitrogen and oxygen atoms in total. The minimum Gasteiger partial charge on any atom is -0.377 e. The molecule has 6 heteroatoms. The zero-order valence-corrected chi connectivity index (χ0v) is 14.5. The van der Waals surface area contributed by atoms with Gasteiger partial charge in [-0.05, 0) is 26.7 Å². The first-order valence-corrected chi connectivity index (χ1v) is 8.86. The summed E-state index contributed by atoms with van der Waals surface area (Å²) in [6.45, 7) is 11.3. The summed E-state index contributed by atoms with van der Waals surface area (Å²) < 4.78 is 5.70. The summed E-state index contributed by atoms with van der Waals surface area (Å²) in [5, 5.41) is 8.91. The largest absolute Gasteiger partial charge is 0.377 e. The molecule has 0 N–H and O–H groups in total. The Morgan fingerprint density at radius 3 is 2.61 bits per heavy atom. The van der Waals surface area contributed by atoms with Crippen LogP contribution in [0.5, 0.6) is 0 Å². The Morgan fingerprint density at radius 2 is 2.04 bits per heavy atom. The first-order chi connectivity index (χ1) is 11.1. The Morgan fingerprint density at radius 1 is 1.35 bits per heavy atom. The van der Waals surface area contributed by atoms with Gasteiger partial charge in [0, 0.05) is 52.4 Å². The second-order valence-electron chi connectivity index (χ2n) is 6.67. The fraction of sp³-hybridized carbons (Fsp3) is 0.882. The molecule has 0 radical (unpaired) electrons. The van der Waals surface area contributed by atoms with Crippen LogP contribution in [-0.4, -0.2) is 85.7 Å². The number of amides is 1. The van der Waals surface area contributed by atoms with Crippen molar-refractivity contribution in [3.8, 4) is 6.07 Å². The molecule has 0 aromatic rings. The molecule has 0 aromatic carbocycles. The lowest BCUT2D eigenvalue weighted by molar-refractivity contribution is -0.133. The summed E-state index contributed by atoms with van der Waals surface area (Å²) >= 11 is 0. The third-order valence-corrected chi connectivity index (χ3v) is 4.76. The van der Waals surface area contributed by atoms with Crippen molar-refractivity contribution < 1.29 is 9.53 Å². The molecule has 0 saturated carbocycles. The molecule has 0 spiro atoms. The van der Waals surface area contributed by atoms with Crippen LogP contribution in [0.1, 0.15) is 26.7 Å². The molecule has 0 aromatic heterocycles. The van der Waals surface area contributed by atoms with Crippen molar-refractivity contribution in [1.82, 2.24) is 14.7 Å². The molecule has 2 saturated heterocycles. The average Bonchev–Trinajstić information content (AvgIpc) is 3.07. The van der Waals surface area contributed by atoms with Gasteiger partial charge in [0.25, 0.3) is 0 Å². The lowest BCUT2D eigenvalue weighted by Gasteiger charge is -2.36. The van der Waals surface area contributed by atoms with Gasteiger partial charge in [-0.3, -0.25) is 14.6 Å². The van der Waals surface area contributed by atoms with Gasteiger partial charge in [0.2, 0.25) is 5.91 Å². The average molecular weight is 322 g/mol. The lowest BCUT2D eigenvalue weighted by atomic mass is 10.2. The molecule has 2 atom stereocenters. The van der Waals surface area contributed by atoms with E-state index in [2.05, 4.69) is 15.9 Å². The van der Waals surface area contributed by atoms with Crippen LogP contribution in [0.2, 0.25) is 0 Å². The van der Waals surface area contributed by atoms with Crippen LogP contribution in [0.25, 0.3) is 0 Å². The number of ether oxygens (including phenoxy) is 1. The van der Waals surface area contributed by atoms with Crippen molar-refractivity contribution in [2.45, 2.75) is 32.8 Å². The third-order valence-electron chi connectivity index (χ3n) is 4.76. The van der Waals surface area contributed by atoms with Gasteiger partial charge in [0.15, 0.2) is 0 Å². The standard InChI is InChI=1S/C17H30N4O2/c1-3-21(12-15(2)11-18)17(22)14-20-8-6-19(7-9-20)13-16-5-4-10-23-16/h15-16H,3-10,12-14H2,1-2H3/t15-,16-/m1/s1. The minimum absolute atomic E-state index is 0.109. The van der Waals surface area contributed by atoms with Crippen LogP contribution in [0.15, 0.2) is 0 Å². The summed E-state index contributed by atoms with van der Waals surface area (Å²) in [5.74, 6) is 0.0318. The van der Waals surface area contributed by atoms with Gasteiger partial charge in [-0.2, -0.15) is 5.26 Å². The second kappa shape index (κ2) is 9.21. The quantitative estimate of drug-likeness (QED) is 0.693. The molecule has 2 aliphatic rings. The van der Waals surface area contributed by atoms with Crippen LogP contribution in [0.3, 0.4) is 0 Å². The fourth-order valence-electron chi connectivity index (χ4n) is 3.28. The molecular formula is C17H30N4O2. The molecular weight excluding hydrogens is 292 g/mol. The number of nitriles is 1. The Balaban J connectivity index is 1.70. The van der Waals surface area contributed by atoms with E-state index in [1.165, 1.54) is 12.8 Å². The number of likely N-dealkylation sites (N-methyl/N-ethyl adjacent to an activating group) is 1. The van der Waals surface area contributed by atoms with Crippen LogP contribution >= 0.6 is 0 Å². The van der Waals surface area contributed by atoms with E-state index < -0.39 is 0 Å². The number of hydrogen-bond donors (Lipinski definition) is 0. The fourth-order valence-corrected chi connectivity index (χ4v) is 3.28. The van der Waals surface area contributed by atoms with Crippen molar-refractivity contribution in [3.05, 3.63) is 0 Å². The third kappa shape index (κ3) is 5.76. The predicted molar refractivity (Wildman–Crippen MR) is 88.9 cm³/mol. The van der Waals surface area contributed by atoms with Gasteiger partial charge in [0.05, 0.1) is 24.6 Å². The maximum atomic E-state index is 12.4. The van der Waals surface area contributed by atoms with Crippen LogP contribution in [-0.2, 0) is 9.53 Å². The van der Waals surface area contributed by atoms with Crippen LogP contribution in [0.4, 0.5) is 0 Å². The number of piperazine rings is 1. The molecule has 0 bridgehead atoms. The van der Waals surface area contributed by atoms with E-state index in [1.54, 1.807) is 4.90 Å². The monoisotopic (exact) mass is 322 g/mol. The molecule has 2 aliphatic heterocycles. The number of hydrogen-bond acceptors (Lipinski definition) is 5. The number of carbonyl (C=O) groups excluding carboxylic acids is 1. The first kappa shape index (κ1) is 18.2. The van der Waals surface area contributed by atoms with Crippen LogP contribution in [0, 0.1) is 17.2 Å². The van der Waals surface area contributed by atoms with Gasteiger partial charge in [0.1, 0.15) is 0 Å². The van der Waals surface area contributed by atoms with E-state index in [4.69, 9.17) is 10.00 Å². The molecule has 1 amide bonds. The van der Waals surface area contributed by atoms with E-state index in [-0.39, 0.29) is 11.8 Å². The second-order valence-corrected chi connectivity index (χ2v) is 6.67. The molecule has 2 fully saturated rings. The molecule has 0 aliphatic carbocycles. The Bertz CT molecular complexity index is 409. The Hall–Kier alpha value is -1.16. The van der Waals surface area contributed by atoms with Gasteiger partial charge in [-0.1, -0.05) is 0 Å². The topological polar surface area (TPSA) is 59.8 Å². The number of rotatable bonds is 7. The van der Waals surface area contributed by atoms with Crippen molar-refractivity contribution >= 4 is 5.91 Å².